The second-order valence-electron chi connectivity index (χ2n) is 4.65. The minimum absolute atomic E-state index is 0.0774. The predicted molar refractivity (Wildman–Crippen MR) is 69.0 cm³/mol. The fourth-order valence-corrected chi connectivity index (χ4v) is 2.45. The first-order chi connectivity index (χ1) is 8.63. The van der Waals surface area contributed by atoms with Crippen molar-refractivity contribution in [3.63, 3.8) is 0 Å². The molecule has 0 unspecified atom stereocenters. The molecule has 1 aromatic rings. The number of carbonyl (C=O) groups excluding carboxylic acids is 2. The first kappa shape index (κ1) is 12.8. The Hall–Kier alpha value is -1.64. The number of fused-ring (bicyclic) bond motifs is 1. The first-order valence-corrected chi connectivity index (χ1v) is 6.47. The van der Waals surface area contributed by atoms with Crippen LogP contribution < -0.4 is 0 Å². The van der Waals surface area contributed by atoms with Crippen LogP contribution in [0.15, 0.2) is 12.1 Å². The molecule has 1 aliphatic carbocycles. The molecule has 0 N–H and O–H groups in total. The number of rotatable bonds is 3. The van der Waals surface area contributed by atoms with E-state index in [4.69, 9.17) is 4.74 Å². The lowest BCUT2D eigenvalue weighted by Gasteiger charge is -2.18. The van der Waals surface area contributed by atoms with Crippen LogP contribution >= 0.6 is 0 Å². The summed E-state index contributed by atoms with van der Waals surface area (Å²) in [6.07, 6.45) is 4.29. The van der Waals surface area contributed by atoms with E-state index in [0.29, 0.717) is 17.7 Å². The van der Waals surface area contributed by atoms with Gasteiger partial charge in [-0.05, 0) is 62.8 Å². The zero-order valence-corrected chi connectivity index (χ0v) is 10.9. The number of aryl methyl sites for hydroxylation is 2. The highest BCUT2D eigenvalue weighted by molar-refractivity contribution is 6.05. The third-order valence-corrected chi connectivity index (χ3v) is 3.36. The molecule has 0 spiro atoms. The highest BCUT2D eigenvalue weighted by Gasteiger charge is 2.20. The molecule has 0 radical (unpaired) electrons. The van der Waals surface area contributed by atoms with Crippen LogP contribution in [0.3, 0.4) is 0 Å². The maximum absolute atomic E-state index is 11.9. The summed E-state index contributed by atoms with van der Waals surface area (Å²) in [6.45, 7) is 3.59. The Balaban J connectivity index is 2.48. The summed E-state index contributed by atoms with van der Waals surface area (Å²) >= 11 is 0. The average Bonchev–Trinajstić information content (AvgIpc) is 2.37. The van der Waals surface area contributed by atoms with E-state index < -0.39 is 5.97 Å². The van der Waals surface area contributed by atoms with E-state index in [2.05, 4.69) is 0 Å². The Bertz CT molecular complexity index is 489. The zero-order chi connectivity index (χ0) is 13.1. The van der Waals surface area contributed by atoms with Crippen LogP contribution in [0.5, 0.6) is 0 Å². The molecule has 0 aromatic heterocycles. The number of esters is 1. The fraction of sp³-hybridized carbons (Fsp3) is 0.467. The minimum atomic E-state index is -0.393. The van der Waals surface area contributed by atoms with Crippen molar-refractivity contribution in [1.82, 2.24) is 0 Å². The molecule has 3 nitrogen and oxygen atoms in total. The SMILES string of the molecule is CCOC(=O)c1cc2c(cc1C(C)=O)CCCC2. The number of ether oxygens (including phenoxy) is 1. The van der Waals surface area contributed by atoms with Crippen LogP contribution in [-0.2, 0) is 17.6 Å². The van der Waals surface area contributed by atoms with Gasteiger partial charge in [0.15, 0.2) is 5.78 Å². The number of ketones is 1. The van der Waals surface area contributed by atoms with Gasteiger partial charge in [-0.3, -0.25) is 4.79 Å². The Morgan fingerprint density at radius 2 is 1.67 bits per heavy atom. The van der Waals surface area contributed by atoms with Gasteiger partial charge in [0, 0.05) is 5.56 Å². The summed E-state index contributed by atoms with van der Waals surface area (Å²) in [5.74, 6) is -0.470. The molecule has 2 rings (SSSR count). The molecule has 0 aliphatic heterocycles. The molecule has 1 aromatic carbocycles. The number of Topliss-reactive ketones (excluding diaryl/α,β-unsaturated/α-hetero) is 1. The van der Waals surface area contributed by atoms with Crippen molar-refractivity contribution < 1.29 is 14.3 Å². The molecule has 0 saturated carbocycles. The van der Waals surface area contributed by atoms with Crippen LogP contribution in [0.2, 0.25) is 0 Å². The molecule has 0 amide bonds. The van der Waals surface area contributed by atoms with Crippen LogP contribution in [-0.4, -0.2) is 18.4 Å². The van der Waals surface area contributed by atoms with E-state index in [9.17, 15) is 9.59 Å². The predicted octanol–water partition coefficient (Wildman–Crippen LogP) is 2.94. The lowest BCUT2D eigenvalue weighted by Crippen LogP contribution is -2.14. The molecule has 0 saturated heterocycles. The lowest BCUT2D eigenvalue weighted by atomic mass is 9.87. The van der Waals surface area contributed by atoms with E-state index in [-0.39, 0.29) is 5.78 Å². The van der Waals surface area contributed by atoms with E-state index in [1.165, 1.54) is 18.1 Å². The third-order valence-electron chi connectivity index (χ3n) is 3.36. The molecule has 1 aliphatic rings. The van der Waals surface area contributed by atoms with Crippen LogP contribution in [0, 0.1) is 0 Å². The van der Waals surface area contributed by atoms with Gasteiger partial charge in [0.05, 0.1) is 12.2 Å². The molecule has 96 valence electrons. The van der Waals surface area contributed by atoms with Crippen molar-refractivity contribution in [2.45, 2.75) is 39.5 Å². The van der Waals surface area contributed by atoms with Gasteiger partial charge < -0.3 is 4.74 Å². The first-order valence-electron chi connectivity index (χ1n) is 6.47. The Labute approximate surface area is 107 Å². The highest BCUT2D eigenvalue weighted by atomic mass is 16.5. The standard InChI is InChI=1S/C15H18O3/c1-3-18-15(17)14-9-12-7-5-4-6-11(12)8-13(14)10(2)16/h8-9H,3-7H2,1-2H3. The minimum Gasteiger partial charge on any atom is -0.462 e. The Morgan fingerprint density at radius 3 is 2.17 bits per heavy atom. The third kappa shape index (κ3) is 2.45. The van der Waals surface area contributed by atoms with Crippen molar-refractivity contribution in [3.05, 3.63) is 34.4 Å². The average molecular weight is 246 g/mol. The van der Waals surface area contributed by atoms with E-state index >= 15 is 0 Å². The molecule has 0 heterocycles. The Morgan fingerprint density at radius 1 is 1.11 bits per heavy atom. The summed E-state index contributed by atoms with van der Waals surface area (Å²) in [4.78, 5) is 23.5. The second kappa shape index (κ2) is 5.34. The van der Waals surface area contributed by atoms with Gasteiger partial charge in [0.25, 0.3) is 0 Å². The van der Waals surface area contributed by atoms with Crippen molar-refractivity contribution >= 4 is 11.8 Å². The number of carbonyl (C=O) groups is 2. The van der Waals surface area contributed by atoms with Crippen molar-refractivity contribution in [1.29, 1.82) is 0 Å². The fourth-order valence-electron chi connectivity index (χ4n) is 2.45. The van der Waals surface area contributed by atoms with Gasteiger partial charge in [-0.15, -0.1) is 0 Å². The smallest absolute Gasteiger partial charge is 0.338 e. The summed E-state index contributed by atoms with van der Waals surface area (Å²) in [5, 5.41) is 0. The van der Waals surface area contributed by atoms with E-state index in [0.717, 1.165) is 25.7 Å². The molecule has 3 heteroatoms. The molecular formula is C15H18O3. The number of benzene rings is 1. The van der Waals surface area contributed by atoms with Crippen molar-refractivity contribution in [3.8, 4) is 0 Å². The van der Waals surface area contributed by atoms with Crippen molar-refractivity contribution in [2.75, 3.05) is 6.61 Å². The van der Waals surface area contributed by atoms with Crippen molar-refractivity contribution in [2.24, 2.45) is 0 Å². The zero-order valence-electron chi connectivity index (χ0n) is 10.9. The second-order valence-corrected chi connectivity index (χ2v) is 4.65. The van der Waals surface area contributed by atoms with E-state index in [1.54, 1.807) is 6.92 Å². The normalized spacial score (nSPS) is 13.9. The molecule has 0 fully saturated rings. The summed E-state index contributed by atoms with van der Waals surface area (Å²) in [5.41, 5.74) is 3.31. The Kier molecular flexibility index (Phi) is 3.80. The molecule has 0 atom stereocenters. The summed E-state index contributed by atoms with van der Waals surface area (Å²) in [6, 6.07) is 3.73. The van der Waals surface area contributed by atoms with Gasteiger partial charge >= 0.3 is 5.97 Å². The largest absolute Gasteiger partial charge is 0.462 e. The van der Waals surface area contributed by atoms with Gasteiger partial charge in [-0.1, -0.05) is 0 Å². The van der Waals surface area contributed by atoms with Crippen LogP contribution in [0.4, 0.5) is 0 Å². The monoisotopic (exact) mass is 246 g/mol. The highest BCUT2D eigenvalue weighted by Crippen LogP contribution is 2.25. The number of hydrogen-bond acceptors (Lipinski definition) is 3. The van der Waals surface area contributed by atoms with Gasteiger partial charge in [0.2, 0.25) is 0 Å². The summed E-state index contributed by atoms with van der Waals surface area (Å²) < 4.78 is 5.02. The topological polar surface area (TPSA) is 43.4 Å². The van der Waals surface area contributed by atoms with Gasteiger partial charge in [-0.25, -0.2) is 4.79 Å². The maximum atomic E-state index is 11.9. The maximum Gasteiger partial charge on any atom is 0.338 e. The number of hydrogen-bond donors (Lipinski definition) is 0. The van der Waals surface area contributed by atoms with E-state index in [1.807, 2.05) is 12.1 Å². The van der Waals surface area contributed by atoms with Gasteiger partial charge in [0.1, 0.15) is 0 Å². The molecular weight excluding hydrogens is 228 g/mol. The molecule has 0 bridgehead atoms. The molecule has 18 heavy (non-hydrogen) atoms. The lowest BCUT2D eigenvalue weighted by molar-refractivity contribution is 0.0523. The van der Waals surface area contributed by atoms with Crippen LogP contribution in [0.1, 0.15) is 58.5 Å². The quantitative estimate of drug-likeness (QED) is 0.608. The van der Waals surface area contributed by atoms with Gasteiger partial charge in [-0.2, -0.15) is 0 Å². The summed E-state index contributed by atoms with van der Waals surface area (Å²) in [7, 11) is 0. The van der Waals surface area contributed by atoms with Crippen LogP contribution in [0.25, 0.3) is 0 Å².